The van der Waals surface area contributed by atoms with E-state index in [1.54, 1.807) is 22.3 Å². The monoisotopic (exact) mass is 970 g/mol. The third kappa shape index (κ3) is 16.2. The first-order valence-electron chi connectivity index (χ1n) is 26.3. The van der Waals surface area contributed by atoms with Gasteiger partial charge in [-0.1, -0.05) is 278 Å². The molecule has 4 aromatic carbocycles. The Hall–Kier alpha value is -1.73. The van der Waals surface area contributed by atoms with Crippen molar-refractivity contribution < 1.29 is 11.2 Å². The number of hydrogen-bond acceptors (Lipinski definition) is 0. The summed E-state index contributed by atoms with van der Waals surface area (Å²) in [4.78, 5) is 0. The first kappa shape index (κ1) is 54.9. The van der Waals surface area contributed by atoms with E-state index in [4.69, 9.17) is 30.3 Å². The summed E-state index contributed by atoms with van der Waals surface area (Å²) in [6.07, 6.45) is 38.5. The third-order valence-corrected chi connectivity index (χ3v) is 14.7. The maximum atomic E-state index is 4.89. The van der Waals surface area contributed by atoms with Crippen LogP contribution in [0.1, 0.15) is 241 Å². The van der Waals surface area contributed by atoms with Gasteiger partial charge in [0.1, 0.15) is 0 Å². The van der Waals surface area contributed by atoms with Crippen molar-refractivity contribution in [2.45, 2.75) is 232 Å². The second-order valence-electron chi connectivity index (χ2n) is 19.6. The zero-order chi connectivity index (χ0) is 46.0. The fourth-order valence-corrected chi connectivity index (χ4v) is 11.3. The van der Waals surface area contributed by atoms with E-state index in [9.17, 15) is 0 Å². The van der Waals surface area contributed by atoms with E-state index >= 15 is 0 Å². The first-order chi connectivity index (χ1) is 31.2. The van der Waals surface area contributed by atoms with Crippen LogP contribution in [0, 0.1) is 13.8 Å². The van der Waals surface area contributed by atoms with Gasteiger partial charge >= 0.3 is 41.5 Å². The molecule has 0 amide bonds. The van der Waals surface area contributed by atoms with E-state index in [2.05, 4.69) is 126 Å². The van der Waals surface area contributed by atoms with E-state index in [0.29, 0.717) is 0 Å². The van der Waals surface area contributed by atoms with Gasteiger partial charge in [0.15, 0.2) is 0 Å². The summed E-state index contributed by atoms with van der Waals surface area (Å²) in [5, 5.41) is 0. The summed E-state index contributed by atoms with van der Waals surface area (Å²) in [5.74, 6) is 0. The Morgan fingerprint density at radius 3 is 0.891 bits per heavy atom. The van der Waals surface area contributed by atoms with Crippen LogP contribution < -0.4 is 0 Å². The van der Waals surface area contributed by atoms with Crippen LogP contribution in [0.4, 0.5) is 0 Å². The van der Waals surface area contributed by atoms with Crippen LogP contribution in [0.5, 0.6) is 0 Å². The van der Waals surface area contributed by atoms with Gasteiger partial charge < -0.3 is 0 Å². The number of halogens is 3. The Kier molecular flexibility index (Phi) is 26.2. The summed E-state index contributed by atoms with van der Waals surface area (Å²) in [6.45, 7) is 13.8. The van der Waals surface area contributed by atoms with Crippen LogP contribution in [-0.4, -0.2) is 0 Å². The van der Waals surface area contributed by atoms with Gasteiger partial charge in [0, 0.05) is 10.8 Å². The first-order valence-corrected chi connectivity index (χ1v) is 30.8. The van der Waals surface area contributed by atoms with Crippen molar-refractivity contribution in [1.82, 2.24) is 0 Å². The molecule has 0 radical (unpaired) electrons. The number of fused-ring (bicyclic) bond motifs is 6. The van der Waals surface area contributed by atoms with Gasteiger partial charge in [-0.05, 0) is 84.0 Å². The zero-order valence-corrected chi connectivity index (χ0v) is 44.7. The van der Waals surface area contributed by atoms with Gasteiger partial charge in [-0.2, -0.15) is 0 Å². The molecule has 0 nitrogen and oxygen atoms in total. The summed E-state index contributed by atoms with van der Waals surface area (Å²) in [7, 11) is 14.7. The maximum absolute atomic E-state index is 4.89. The molecule has 0 fully saturated rings. The van der Waals surface area contributed by atoms with Crippen molar-refractivity contribution >= 4 is 30.3 Å². The Balaban J connectivity index is 0.000000259. The van der Waals surface area contributed by atoms with E-state index in [1.807, 2.05) is 0 Å². The van der Waals surface area contributed by atoms with Crippen LogP contribution in [0.3, 0.4) is 0 Å². The third-order valence-electron chi connectivity index (χ3n) is 14.7. The van der Waals surface area contributed by atoms with Crippen molar-refractivity contribution in [3.05, 3.63) is 118 Å². The Morgan fingerprint density at radius 1 is 0.328 bits per heavy atom. The molecule has 0 N–H and O–H groups in total. The number of benzene rings is 4. The van der Waals surface area contributed by atoms with Crippen molar-refractivity contribution in [3.63, 3.8) is 0 Å². The summed E-state index contributed by atoms with van der Waals surface area (Å²) < 4.78 is 0. The predicted octanol–water partition coefficient (Wildman–Crippen LogP) is 21.6. The minimum atomic E-state index is -1.33. The molecule has 0 bridgehead atoms. The zero-order valence-electron chi connectivity index (χ0n) is 41.4. The molecule has 6 rings (SSSR count). The van der Waals surface area contributed by atoms with Crippen molar-refractivity contribution in [2.75, 3.05) is 0 Å². The molecule has 0 aromatic heterocycles. The molecule has 0 atom stereocenters. The summed E-state index contributed by atoms with van der Waals surface area (Å²) in [5.41, 5.74) is 15.8. The van der Waals surface area contributed by atoms with Gasteiger partial charge in [0.25, 0.3) is 0 Å². The molecule has 0 aliphatic heterocycles. The van der Waals surface area contributed by atoms with Crippen molar-refractivity contribution in [3.8, 4) is 22.3 Å². The van der Waals surface area contributed by atoms with Crippen LogP contribution in [-0.2, 0) is 22.0 Å². The topological polar surface area (TPSA) is 0 Å². The normalized spacial score (nSPS) is 13.8. The average Bonchev–Trinajstić information content (AvgIpc) is 3.71. The molecule has 4 aromatic rings. The molecule has 0 spiro atoms. The number of rotatable bonds is 28. The van der Waals surface area contributed by atoms with Crippen LogP contribution in [0.2, 0.25) is 0 Å². The molecule has 357 valence electrons. The van der Waals surface area contributed by atoms with E-state index in [-0.39, 0.29) is 10.8 Å². The molecule has 4 heteroatoms. The van der Waals surface area contributed by atoms with E-state index in [0.717, 1.165) is 0 Å². The van der Waals surface area contributed by atoms with Gasteiger partial charge in [0.2, 0.25) is 0 Å². The second-order valence-corrected chi connectivity index (χ2v) is 25.0. The quantitative estimate of drug-likeness (QED) is 0.0393. The van der Waals surface area contributed by atoms with Gasteiger partial charge in [-0.15, -0.1) is 0 Å². The molecule has 0 heterocycles. The molecule has 0 saturated carbocycles. The molecular formula is C60H88Cl3Fe. The summed E-state index contributed by atoms with van der Waals surface area (Å²) in [6, 6.07) is 33.1. The average molecular weight is 972 g/mol. The standard InChI is InChI=1S/C31H46.C29H42.3ClH.Fe/c1-5-7-9-11-13-15-21-31(22-16-14-12-10-8-6-2)29-23-25(3)17-19-27(29)28-20-18-26(4)24-30(28)31;1-3-5-7-9-11-17-23-29(24-18-12-10-8-6-4-2)27-21-15-13-19-25(27)26-20-14-16-22-28(26)29;;;;/h17-20,23-24H,5-16,21-22H2,1-4H3;13-16,19-22H,3-12,17-18,23-24H2,1-2H3;3*1H;/q;;;;;+3/p-3. The molecule has 2 aliphatic carbocycles. The predicted molar refractivity (Wildman–Crippen MR) is 284 cm³/mol. The van der Waals surface area contributed by atoms with Gasteiger partial charge in [-0.3, -0.25) is 0 Å². The van der Waals surface area contributed by atoms with Gasteiger partial charge in [-0.25, -0.2) is 0 Å². The Bertz CT molecular complexity index is 1740. The number of aryl methyl sites for hydroxylation is 2. The molecule has 2 aliphatic rings. The molecule has 0 saturated heterocycles. The minimum absolute atomic E-state index is 0.234. The Morgan fingerprint density at radius 2 is 0.578 bits per heavy atom. The SMILES string of the molecule is CCCCCCCCC1(CCCCCCCC)c2cc(C)ccc2-c2ccc(C)cc21.CCCCCCCCC1(CCCCCCCC)c2ccccc2-c2ccccc21.[Cl][Fe]([Cl])[Cl]. The van der Waals surface area contributed by atoms with Crippen LogP contribution in [0.15, 0.2) is 84.9 Å². The second kappa shape index (κ2) is 30.6. The van der Waals surface area contributed by atoms with Crippen molar-refractivity contribution in [1.29, 1.82) is 0 Å². The number of hydrogen-bond donors (Lipinski definition) is 0. The fraction of sp³-hybridized carbons (Fsp3) is 0.600. The van der Waals surface area contributed by atoms with E-state index in [1.165, 1.54) is 213 Å². The summed E-state index contributed by atoms with van der Waals surface area (Å²) >= 11 is -1.33. The molecule has 0 unspecified atom stereocenters. The van der Waals surface area contributed by atoms with Crippen LogP contribution >= 0.6 is 30.3 Å². The molecule has 64 heavy (non-hydrogen) atoms. The number of unbranched alkanes of at least 4 members (excludes halogenated alkanes) is 20. The Labute approximate surface area is 411 Å². The van der Waals surface area contributed by atoms with Crippen LogP contribution in [0.25, 0.3) is 22.3 Å². The van der Waals surface area contributed by atoms with E-state index < -0.39 is 11.2 Å². The van der Waals surface area contributed by atoms with Crippen molar-refractivity contribution in [2.24, 2.45) is 0 Å². The fourth-order valence-electron chi connectivity index (χ4n) is 11.3. The van der Waals surface area contributed by atoms with Gasteiger partial charge in [0.05, 0.1) is 0 Å². The molecular weight excluding hydrogens is 883 g/mol.